The molecule has 100 valence electrons. The van der Waals surface area contributed by atoms with Gasteiger partial charge in [0.1, 0.15) is 5.82 Å². The molecule has 0 bridgehead atoms. The van der Waals surface area contributed by atoms with Crippen molar-refractivity contribution in [2.45, 2.75) is 13.5 Å². The topological polar surface area (TPSA) is 57.7 Å². The minimum absolute atomic E-state index is 0.114. The quantitative estimate of drug-likeness (QED) is 0.629. The van der Waals surface area contributed by atoms with E-state index in [1.54, 1.807) is 13.0 Å². The van der Waals surface area contributed by atoms with E-state index in [2.05, 4.69) is 15.9 Å². The number of likely N-dealkylation sites (N-methyl/N-ethyl adjacent to an activating group) is 1. The van der Waals surface area contributed by atoms with Crippen LogP contribution in [0.2, 0.25) is 0 Å². The van der Waals surface area contributed by atoms with E-state index in [0.29, 0.717) is 4.47 Å². The van der Waals surface area contributed by atoms with Crippen LogP contribution >= 0.6 is 15.9 Å². The van der Waals surface area contributed by atoms with Crippen LogP contribution in [0.25, 0.3) is 0 Å². The molecule has 0 aromatic heterocycles. The summed E-state index contributed by atoms with van der Waals surface area (Å²) in [6.45, 7) is 1.45. The summed E-state index contributed by atoms with van der Waals surface area (Å²) in [5, 5.41) is 0. The van der Waals surface area contributed by atoms with Gasteiger partial charge in [-0.3, -0.25) is 19.4 Å². The molecule has 7 heteroatoms. The molecule has 4 amide bonds. The SMILES string of the molecule is CCN1C(=O)C(=O)N(Cc2ccc(Br)cc2F)C1=O. The number of rotatable bonds is 3. The van der Waals surface area contributed by atoms with Gasteiger partial charge in [0.15, 0.2) is 0 Å². The Labute approximate surface area is 117 Å². The highest BCUT2D eigenvalue weighted by Crippen LogP contribution is 2.20. The van der Waals surface area contributed by atoms with Gasteiger partial charge in [-0.2, -0.15) is 0 Å². The molecule has 0 aliphatic carbocycles. The zero-order valence-corrected chi connectivity index (χ0v) is 11.6. The number of hydrogen-bond donors (Lipinski definition) is 0. The molecule has 19 heavy (non-hydrogen) atoms. The van der Waals surface area contributed by atoms with Crippen molar-refractivity contribution in [2.75, 3.05) is 6.54 Å². The third-order valence-corrected chi connectivity index (χ3v) is 3.29. The van der Waals surface area contributed by atoms with Crippen LogP contribution in [0.15, 0.2) is 22.7 Å². The van der Waals surface area contributed by atoms with Gasteiger partial charge < -0.3 is 0 Å². The maximum absolute atomic E-state index is 13.7. The van der Waals surface area contributed by atoms with E-state index in [0.717, 1.165) is 9.80 Å². The zero-order valence-electron chi connectivity index (χ0n) is 10.0. The van der Waals surface area contributed by atoms with E-state index in [1.807, 2.05) is 0 Å². The molecule has 0 saturated carbocycles. The minimum Gasteiger partial charge on any atom is -0.263 e. The summed E-state index contributed by atoms with van der Waals surface area (Å²) in [4.78, 5) is 36.5. The first-order valence-electron chi connectivity index (χ1n) is 5.57. The van der Waals surface area contributed by atoms with Crippen molar-refractivity contribution >= 4 is 33.8 Å². The first-order valence-corrected chi connectivity index (χ1v) is 6.36. The predicted octanol–water partition coefficient (Wildman–Crippen LogP) is 1.90. The lowest BCUT2D eigenvalue weighted by Gasteiger charge is -2.14. The van der Waals surface area contributed by atoms with Gasteiger partial charge in [0.2, 0.25) is 0 Å². The van der Waals surface area contributed by atoms with E-state index in [4.69, 9.17) is 0 Å². The summed E-state index contributed by atoms with van der Waals surface area (Å²) in [5.41, 5.74) is 0.177. The molecule has 0 N–H and O–H groups in total. The number of hydrogen-bond acceptors (Lipinski definition) is 3. The molecule has 1 aromatic rings. The van der Waals surface area contributed by atoms with Crippen molar-refractivity contribution in [3.05, 3.63) is 34.1 Å². The second-order valence-electron chi connectivity index (χ2n) is 3.96. The van der Waals surface area contributed by atoms with E-state index >= 15 is 0 Å². The number of benzene rings is 1. The van der Waals surface area contributed by atoms with Crippen LogP contribution in [0.4, 0.5) is 9.18 Å². The summed E-state index contributed by atoms with van der Waals surface area (Å²) >= 11 is 3.11. The Morgan fingerprint density at radius 1 is 1.16 bits per heavy atom. The second kappa shape index (κ2) is 5.08. The molecular formula is C12H10BrFN2O3. The molecule has 2 rings (SSSR count). The van der Waals surface area contributed by atoms with E-state index < -0.39 is 23.7 Å². The van der Waals surface area contributed by atoms with E-state index in [1.165, 1.54) is 12.1 Å². The first-order chi connectivity index (χ1) is 8.95. The number of carbonyl (C=O) groups excluding carboxylic acids is 3. The van der Waals surface area contributed by atoms with Gasteiger partial charge in [0, 0.05) is 16.6 Å². The van der Waals surface area contributed by atoms with Gasteiger partial charge >= 0.3 is 17.8 Å². The van der Waals surface area contributed by atoms with Gasteiger partial charge in [-0.15, -0.1) is 0 Å². The van der Waals surface area contributed by atoms with Crippen molar-refractivity contribution in [3.63, 3.8) is 0 Å². The average Bonchev–Trinajstić information content (AvgIpc) is 2.56. The van der Waals surface area contributed by atoms with Crippen molar-refractivity contribution in [1.29, 1.82) is 0 Å². The molecule has 1 fully saturated rings. The highest BCUT2D eigenvalue weighted by Gasteiger charge is 2.43. The minimum atomic E-state index is -0.922. The highest BCUT2D eigenvalue weighted by molar-refractivity contribution is 9.10. The summed E-state index contributed by atoms with van der Waals surface area (Å²) < 4.78 is 14.2. The Balaban J connectivity index is 2.26. The van der Waals surface area contributed by atoms with Crippen molar-refractivity contribution in [3.8, 4) is 0 Å². The molecule has 1 saturated heterocycles. The second-order valence-corrected chi connectivity index (χ2v) is 4.87. The fraction of sp³-hybridized carbons (Fsp3) is 0.250. The largest absolute Gasteiger partial charge is 0.334 e. The number of urea groups is 1. The fourth-order valence-corrected chi connectivity index (χ4v) is 2.12. The molecule has 0 radical (unpaired) electrons. The Morgan fingerprint density at radius 3 is 2.32 bits per heavy atom. The van der Waals surface area contributed by atoms with E-state index in [-0.39, 0.29) is 18.7 Å². The lowest BCUT2D eigenvalue weighted by atomic mass is 10.2. The number of carbonyl (C=O) groups is 3. The molecule has 1 aliphatic heterocycles. The van der Waals surface area contributed by atoms with Crippen LogP contribution in [0, 0.1) is 5.82 Å². The van der Waals surface area contributed by atoms with Crippen LogP contribution in [0.1, 0.15) is 12.5 Å². The smallest absolute Gasteiger partial charge is 0.263 e. The van der Waals surface area contributed by atoms with E-state index in [9.17, 15) is 18.8 Å². The van der Waals surface area contributed by atoms with Crippen LogP contribution in [-0.4, -0.2) is 34.2 Å². The van der Waals surface area contributed by atoms with Crippen molar-refractivity contribution in [1.82, 2.24) is 9.80 Å². The van der Waals surface area contributed by atoms with Gasteiger partial charge in [-0.1, -0.05) is 22.0 Å². The van der Waals surface area contributed by atoms with Crippen LogP contribution in [-0.2, 0) is 16.1 Å². The maximum atomic E-state index is 13.7. The number of halogens is 2. The van der Waals surface area contributed by atoms with Crippen LogP contribution in [0.5, 0.6) is 0 Å². The highest BCUT2D eigenvalue weighted by atomic mass is 79.9. The van der Waals surface area contributed by atoms with Crippen molar-refractivity contribution in [2.24, 2.45) is 0 Å². The van der Waals surface area contributed by atoms with Crippen molar-refractivity contribution < 1.29 is 18.8 Å². The van der Waals surface area contributed by atoms with Crippen LogP contribution < -0.4 is 0 Å². The average molecular weight is 329 g/mol. The molecule has 0 spiro atoms. The fourth-order valence-electron chi connectivity index (χ4n) is 1.79. The van der Waals surface area contributed by atoms with Gasteiger partial charge in [-0.05, 0) is 19.1 Å². The summed E-state index contributed by atoms with van der Waals surface area (Å²) in [5.74, 6) is -2.34. The lowest BCUT2D eigenvalue weighted by Crippen LogP contribution is -2.33. The van der Waals surface area contributed by atoms with Gasteiger partial charge in [-0.25, -0.2) is 9.18 Å². The Bertz CT molecular complexity index is 576. The molecule has 1 heterocycles. The van der Waals surface area contributed by atoms with Gasteiger partial charge in [0.25, 0.3) is 0 Å². The first kappa shape index (κ1) is 13.7. The van der Waals surface area contributed by atoms with Crippen LogP contribution in [0.3, 0.4) is 0 Å². The Morgan fingerprint density at radius 2 is 1.79 bits per heavy atom. The molecule has 1 aromatic carbocycles. The molecule has 5 nitrogen and oxygen atoms in total. The number of amides is 4. The Hall–Kier alpha value is -1.76. The normalized spacial score (nSPS) is 15.6. The zero-order chi connectivity index (χ0) is 14.2. The summed E-state index contributed by atoms with van der Waals surface area (Å²) in [6, 6.07) is 3.58. The van der Waals surface area contributed by atoms with Gasteiger partial charge in [0.05, 0.1) is 6.54 Å². The summed E-state index contributed by atoms with van der Waals surface area (Å²) in [7, 11) is 0. The third kappa shape index (κ3) is 2.37. The predicted molar refractivity (Wildman–Crippen MR) is 67.4 cm³/mol. The lowest BCUT2D eigenvalue weighted by molar-refractivity contribution is -0.143. The molecule has 0 unspecified atom stereocenters. The number of nitrogens with zero attached hydrogens (tertiary/aromatic N) is 2. The number of imide groups is 2. The Kier molecular flexibility index (Phi) is 3.66. The standard InChI is InChI=1S/C12H10BrFN2O3/c1-2-15-10(17)11(18)16(12(15)19)6-7-3-4-8(13)5-9(7)14/h3-5H,2,6H2,1H3. The monoisotopic (exact) mass is 328 g/mol. The molecule has 1 aliphatic rings. The third-order valence-electron chi connectivity index (χ3n) is 2.79. The molecular weight excluding hydrogens is 319 g/mol. The molecule has 0 atom stereocenters. The maximum Gasteiger partial charge on any atom is 0.334 e. The summed E-state index contributed by atoms with van der Waals surface area (Å²) in [6.07, 6.45) is 0.